The van der Waals surface area contributed by atoms with Crippen LogP contribution in [0.2, 0.25) is 0 Å². The first-order valence-electron chi connectivity index (χ1n) is 7.58. The molecule has 1 atom stereocenters. The van der Waals surface area contributed by atoms with Crippen LogP contribution in [-0.4, -0.2) is 20.1 Å². The van der Waals surface area contributed by atoms with Crippen LogP contribution in [0.5, 0.6) is 0 Å². The molecule has 1 heterocycles. The minimum Gasteiger partial charge on any atom is -0.383 e. The molecule has 4 nitrogen and oxygen atoms in total. The Bertz CT molecular complexity index is 898. The van der Waals surface area contributed by atoms with Crippen LogP contribution in [0.15, 0.2) is 60.7 Å². The number of aliphatic hydroxyl groups is 1. The van der Waals surface area contributed by atoms with Crippen LogP contribution in [-0.2, 0) is 21.4 Å². The standard InChI is InChI=1S/C18H19NO3S2/c1-18(20,17-11-15-9-5-6-10-16(15)23-17)13-19-24(21,22)12-14-7-3-2-4-8-14/h2-11,19-20H,12-13H2,1H3. The molecule has 0 bridgehead atoms. The predicted molar refractivity (Wildman–Crippen MR) is 98.5 cm³/mol. The molecular formula is C18H19NO3S2. The fourth-order valence-corrected chi connectivity index (χ4v) is 4.77. The van der Waals surface area contributed by atoms with Gasteiger partial charge in [0.25, 0.3) is 0 Å². The maximum Gasteiger partial charge on any atom is 0.215 e. The summed E-state index contributed by atoms with van der Waals surface area (Å²) in [5, 5.41) is 11.7. The van der Waals surface area contributed by atoms with Crippen molar-refractivity contribution in [2.45, 2.75) is 18.3 Å². The van der Waals surface area contributed by atoms with Crippen molar-refractivity contribution in [2.24, 2.45) is 0 Å². The Kier molecular flexibility index (Phi) is 4.73. The van der Waals surface area contributed by atoms with Gasteiger partial charge in [0.15, 0.2) is 0 Å². The SMILES string of the molecule is CC(O)(CNS(=O)(=O)Cc1ccccc1)c1cc2ccccc2s1. The summed E-state index contributed by atoms with van der Waals surface area (Å²) in [7, 11) is -3.51. The maximum absolute atomic E-state index is 12.2. The molecule has 0 saturated carbocycles. The van der Waals surface area contributed by atoms with Gasteiger partial charge in [0, 0.05) is 16.1 Å². The highest BCUT2D eigenvalue weighted by Crippen LogP contribution is 2.32. The molecule has 0 radical (unpaired) electrons. The van der Waals surface area contributed by atoms with E-state index in [1.165, 1.54) is 11.3 Å². The lowest BCUT2D eigenvalue weighted by Crippen LogP contribution is -2.38. The highest BCUT2D eigenvalue weighted by atomic mass is 32.2. The molecule has 3 rings (SSSR count). The van der Waals surface area contributed by atoms with E-state index >= 15 is 0 Å². The largest absolute Gasteiger partial charge is 0.383 e. The third-order valence-corrected chi connectivity index (χ3v) is 6.46. The smallest absolute Gasteiger partial charge is 0.215 e. The molecule has 0 saturated heterocycles. The third-order valence-electron chi connectivity index (χ3n) is 3.79. The molecule has 24 heavy (non-hydrogen) atoms. The molecule has 0 aliphatic carbocycles. The van der Waals surface area contributed by atoms with Crippen molar-refractivity contribution < 1.29 is 13.5 Å². The number of hydrogen-bond acceptors (Lipinski definition) is 4. The normalized spacial score (nSPS) is 14.6. The number of benzene rings is 2. The zero-order valence-corrected chi connectivity index (χ0v) is 14.9. The Labute approximate surface area is 145 Å². The first kappa shape index (κ1) is 17.1. The lowest BCUT2D eigenvalue weighted by Gasteiger charge is -2.22. The molecule has 1 aromatic heterocycles. The molecule has 0 amide bonds. The summed E-state index contributed by atoms with van der Waals surface area (Å²) in [5.74, 6) is -0.101. The first-order chi connectivity index (χ1) is 11.4. The van der Waals surface area contributed by atoms with Gasteiger partial charge in [-0.25, -0.2) is 13.1 Å². The average Bonchev–Trinajstić information content (AvgIpc) is 2.99. The average molecular weight is 361 g/mol. The van der Waals surface area contributed by atoms with Gasteiger partial charge in [-0.1, -0.05) is 48.5 Å². The lowest BCUT2D eigenvalue weighted by molar-refractivity contribution is 0.0666. The van der Waals surface area contributed by atoms with E-state index in [-0.39, 0.29) is 12.3 Å². The predicted octanol–water partition coefficient (Wildman–Crippen LogP) is 3.23. The summed E-state index contributed by atoms with van der Waals surface area (Å²) in [6, 6.07) is 18.7. The fourth-order valence-electron chi connectivity index (χ4n) is 2.43. The van der Waals surface area contributed by atoms with Gasteiger partial charge in [0.05, 0.1) is 5.75 Å². The summed E-state index contributed by atoms with van der Waals surface area (Å²) in [4.78, 5) is 0.742. The minimum absolute atomic E-state index is 0.0605. The molecule has 0 spiro atoms. The van der Waals surface area contributed by atoms with E-state index in [1.54, 1.807) is 31.2 Å². The van der Waals surface area contributed by atoms with E-state index in [4.69, 9.17) is 0 Å². The quantitative estimate of drug-likeness (QED) is 0.708. The van der Waals surface area contributed by atoms with Crippen molar-refractivity contribution in [2.75, 3.05) is 6.54 Å². The lowest BCUT2D eigenvalue weighted by atomic mass is 10.1. The van der Waals surface area contributed by atoms with E-state index in [2.05, 4.69) is 4.72 Å². The van der Waals surface area contributed by atoms with Crippen LogP contribution < -0.4 is 4.72 Å². The number of hydrogen-bond donors (Lipinski definition) is 2. The Morgan fingerprint density at radius 1 is 1.08 bits per heavy atom. The molecule has 126 valence electrons. The molecule has 2 N–H and O–H groups in total. The van der Waals surface area contributed by atoms with Crippen LogP contribution in [0.1, 0.15) is 17.4 Å². The second kappa shape index (κ2) is 6.64. The molecule has 1 unspecified atom stereocenters. The Hall–Kier alpha value is -1.73. The summed E-state index contributed by atoms with van der Waals surface area (Å²) in [6.07, 6.45) is 0. The minimum atomic E-state index is -3.51. The van der Waals surface area contributed by atoms with E-state index in [0.717, 1.165) is 15.0 Å². The monoisotopic (exact) mass is 361 g/mol. The van der Waals surface area contributed by atoms with E-state index < -0.39 is 15.6 Å². The molecule has 2 aromatic carbocycles. The zero-order valence-electron chi connectivity index (χ0n) is 13.3. The van der Waals surface area contributed by atoms with Crippen molar-refractivity contribution >= 4 is 31.4 Å². The zero-order chi connectivity index (χ0) is 17.2. The van der Waals surface area contributed by atoms with Crippen molar-refractivity contribution in [1.29, 1.82) is 0 Å². The number of fused-ring (bicyclic) bond motifs is 1. The van der Waals surface area contributed by atoms with Gasteiger partial charge in [-0.3, -0.25) is 0 Å². The molecule has 0 aliphatic heterocycles. The second-order valence-corrected chi connectivity index (χ2v) is 8.88. The number of rotatable bonds is 6. The van der Waals surface area contributed by atoms with Gasteiger partial charge < -0.3 is 5.11 Å². The first-order valence-corrected chi connectivity index (χ1v) is 10.1. The molecule has 0 fully saturated rings. The van der Waals surface area contributed by atoms with Crippen molar-refractivity contribution in [3.05, 3.63) is 71.1 Å². The number of sulfonamides is 1. The van der Waals surface area contributed by atoms with E-state index in [1.807, 2.05) is 36.4 Å². The Balaban J connectivity index is 1.72. The second-order valence-electron chi connectivity index (χ2n) is 5.99. The molecular weight excluding hydrogens is 342 g/mol. The van der Waals surface area contributed by atoms with Crippen LogP contribution in [0.3, 0.4) is 0 Å². The Morgan fingerprint density at radius 3 is 2.46 bits per heavy atom. The summed E-state index contributed by atoms with van der Waals surface area (Å²) >= 11 is 1.47. The van der Waals surface area contributed by atoms with Crippen molar-refractivity contribution in [1.82, 2.24) is 4.72 Å². The molecule has 6 heteroatoms. The van der Waals surface area contributed by atoms with Crippen molar-refractivity contribution in [3.63, 3.8) is 0 Å². The van der Waals surface area contributed by atoms with Gasteiger partial charge in [-0.15, -0.1) is 11.3 Å². The topological polar surface area (TPSA) is 66.4 Å². The van der Waals surface area contributed by atoms with E-state index in [9.17, 15) is 13.5 Å². The summed E-state index contributed by atoms with van der Waals surface area (Å²) < 4.78 is 28.1. The van der Waals surface area contributed by atoms with Crippen molar-refractivity contribution in [3.8, 4) is 0 Å². The third kappa shape index (κ3) is 4.02. The van der Waals surface area contributed by atoms with Gasteiger partial charge in [0.2, 0.25) is 10.0 Å². The number of nitrogens with one attached hydrogen (secondary N) is 1. The fraction of sp³-hybridized carbons (Fsp3) is 0.222. The van der Waals surface area contributed by atoms with Crippen LogP contribution in [0.25, 0.3) is 10.1 Å². The van der Waals surface area contributed by atoms with Gasteiger partial charge >= 0.3 is 0 Å². The summed E-state index contributed by atoms with van der Waals surface area (Å²) in [5.41, 5.74) is -0.542. The van der Waals surface area contributed by atoms with Crippen LogP contribution >= 0.6 is 11.3 Å². The highest BCUT2D eigenvalue weighted by molar-refractivity contribution is 7.88. The molecule has 0 aliphatic rings. The highest BCUT2D eigenvalue weighted by Gasteiger charge is 2.27. The number of thiophene rings is 1. The Morgan fingerprint density at radius 2 is 1.75 bits per heavy atom. The van der Waals surface area contributed by atoms with Crippen LogP contribution in [0, 0.1) is 0 Å². The van der Waals surface area contributed by atoms with Crippen LogP contribution in [0.4, 0.5) is 0 Å². The van der Waals surface area contributed by atoms with Gasteiger partial charge in [0.1, 0.15) is 5.60 Å². The van der Waals surface area contributed by atoms with Gasteiger partial charge in [-0.05, 0) is 30.0 Å². The van der Waals surface area contributed by atoms with E-state index in [0.29, 0.717) is 5.56 Å². The summed E-state index contributed by atoms with van der Waals surface area (Å²) in [6.45, 7) is 1.57. The van der Waals surface area contributed by atoms with Gasteiger partial charge in [-0.2, -0.15) is 0 Å². The maximum atomic E-state index is 12.2. The molecule has 3 aromatic rings.